The summed E-state index contributed by atoms with van der Waals surface area (Å²) in [6.07, 6.45) is 5.51. The molecular formula is C15H22N2S. The minimum atomic E-state index is 0.369. The average Bonchev–Trinajstić information content (AvgIpc) is 2.61. The summed E-state index contributed by atoms with van der Waals surface area (Å²) in [7, 11) is 0. The Kier molecular flexibility index (Phi) is 2.41. The van der Waals surface area contributed by atoms with Gasteiger partial charge in [-0.05, 0) is 62.7 Å². The number of rotatable bonds is 3. The van der Waals surface area contributed by atoms with Crippen molar-refractivity contribution in [3.05, 3.63) is 15.6 Å². The van der Waals surface area contributed by atoms with E-state index in [0.717, 1.165) is 36.0 Å². The van der Waals surface area contributed by atoms with Crippen molar-refractivity contribution < 1.29 is 0 Å². The Labute approximate surface area is 113 Å². The molecule has 2 N–H and O–H groups in total. The smallest absolute Gasteiger partial charge is 0.0946 e. The normalized spacial score (nSPS) is 42.1. The van der Waals surface area contributed by atoms with E-state index < -0.39 is 0 Å². The number of aryl methyl sites for hydroxylation is 2. The Hall–Kier alpha value is -0.410. The van der Waals surface area contributed by atoms with Gasteiger partial charge in [-0.15, -0.1) is 11.3 Å². The first-order valence-corrected chi connectivity index (χ1v) is 8.15. The van der Waals surface area contributed by atoms with E-state index in [4.69, 9.17) is 5.73 Å². The second kappa shape index (κ2) is 3.80. The molecule has 2 nitrogen and oxygen atoms in total. The standard InChI is InChI=1S/C15H22N2S/c1-7-8(2)18-12(17-7)6-11(16)15-13-9-3-4-10(5-9)14(13)15/h9-11,13-15H,3-6,16H2,1-2H3. The van der Waals surface area contributed by atoms with Gasteiger partial charge in [-0.3, -0.25) is 0 Å². The van der Waals surface area contributed by atoms with Crippen molar-refractivity contribution in [2.75, 3.05) is 0 Å². The highest BCUT2D eigenvalue weighted by molar-refractivity contribution is 7.11. The summed E-state index contributed by atoms with van der Waals surface area (Å²) in [5, 5.41) is 1.26. The predicted molar refractivity (Wildman–Crippen MR) is 74.6 cm³/mol. The highest BCUT2D eigenvalue weighted by atomic mass is 32.1. The molecule has 0 amide bonds. The van der Waals surface area contributed by atoms with Gasteiger partial charge in [0.05, 0.1) is 10.7 Å². The lowest BCUT2D eigenvalue weighted by Crippen LogP contribution is -2.28. The molecule has 1 heterocycles. The monoisotopic (exact) mass is 262 g/mol. The van der Waals surface area contributed by atoms with Crippen LogP contribution in [0, 0.1) is 43.4 Å². The van der Waals surface area contributed by atoms with Crippen LogP contribution < -0.4 is 5.73 Å². The van der Waals surface area contributed by atoms with Crippen LogP contribution in [0.3, 0.4) is 0 Å². The van der Waals surface area contributed by atoms with Crippen molar-refractivity contribution in [2.45, 2.75) is 45.6 Å². The Balaban J connectivity index is 1.45. The van der Waals surface area contributed by atoms with Gasteiger partial charge in [0, 0.05) is 17.3 Å². The fraction of sp³-hybridized carbons (Fsp3) is 0.800. The summed E-state index contributed by atoms with van der Waals surface area (Å²) >= 11 is 1.84. The number of fused-ring (bicyclic) bond motifs is 5. The van der Waals surface area contributed by atoms with Gasteiger partial charge in [-0.1, -0.05) is 0 Å². The van der Waals surface area contributed by atoms with Crippen LogP contribution in [-0.2, 0) is 6.42 Å². The fourth-order valence-corrected chi connectivity index (χ4v) is 5.93. The molecule has 1 aromatic rings. The van der Waals surface area contributed by atoms with E-state index in [0.29, 0.717) is 6.04 Å². The van der Waals surface area contributed by atoms with Crippen LogP contribution >= 0.6 is 11.3 Å². The van der Waals surface area contributed by atoms with Crippen LogP contribution in [0.2, 0.25) is 0 Å². The molecule has 3 fully saturated rings. The Morgan fingerprint density at radius 3 is 2.50 bits per heavy atom. The lowest BCUT2D eigenvalue weighted by molar-refractivity contribution is 0.409. The molecule has 98 valence electrons. The van der Waals surface area contributed by atoms with Crippen LogP contribution in [-0.4, -0.2) is 11.0 Å². The number of aromatic nitrogens is 1. The first-order chi connectivity index (χ1) is 8.65. The van der Waals surface area contributed by atoms with Gasteiger partial charge in [-0.25, -0.2) is 4.98 Å². The third-order valence-corrected chi connectivity index (χ3v) is 6.87. The molecule has 4 rings (SSSR count). The van der Waals surface area contributed by atoms with Crippen molar-refractivity contribution in [3.63, 3.8) is 0 Å². The molecule has 3 heteroatoms. The van der Waals surface area contributed by atoms with Crippen LogP contribution in [0.4, 0.5) is 0 Å². The molecule has 2 bridgehead atoms. The average molecular weight is 262 g/mol. The van der Waals surface area contributed by atoms with E-state index in [2.05, 4.69) is 18.8 Å². The minimum Gasteiger partial charge on any atom is -0.327 e. The highest BCUT2D eigenvalue weighted by Gasteiger charge is 2.66. The quantitative estimate of drug-likeness (QED) is 0.909. The topological polar surface area (TPSA) is 38.9 Å². The summed E-state index contributed by atoms with van der Waals surface area (Å²) < 4.78 is 0. The first kappa shape index (κ1) is 11.4. The van der Waals surface area contributed by atoms with Gasteiger partial charge in [-0.2, -0.15) is 0 Å². The molecule has 3 aliphatic rings. The third-order valence-electron chi connectivity index (χ3n) is 5.77. The Morgan fingerprint density at radius 2 is 1.94 bits per heavy atom. The van der Waals surface area contributed by atoms with Gasteiger partial charge in [0.15, 0.2) is 0 Å². The van der Waals surface area contributed by atoms with Crippen molar-refractivity contribution in [1.29, 1.82) is 0 Å². The molecule has 0 aromatic carbocycles. The van der Waals surface area contributed by atoms with E-state index >= 15 is 0 Å². The van der Waals surface area contributed by atoms with Crippen molar-refractivity contribution >= 4 is 11.3 Å². The van der Waals surface area contributed by atoms with E-state index in [-0.39, 0.29) is 0 Å². The molecule has 0 aliphatic heterocycles. The molecule has 0 radical (unpaired) electrons. The number of hydrogen-bond acceptors (Lipinski definition) is 3. The Morgan fingerprint density at radius 1 is 1.28 bits per heavy atom. The molecular weight excluding hydrogens is 240 g/mol. The Bertz CT molecular complexity index is 445. The van der Waals surface area contributed by atoms with Gasteiger partial charge >= 0.3 is 0 Å². The number of nitrogens with zero attached hydrogens (tertiary/aromatic N) is 1. The molecule has 0 saturated heterocycles. The van der Waals surface area contributed by atoms with Crippen molar-refractivity contribution in [2.24, 2.45) is 35.3 Å². The summed E-state index contributed by atoms with van der Waals surface area (Å²) in [5.41, 5.74) is 7.67. The molecule has 3 saturated carbocycles. The van der Waals surface area contributed by atoms with E-state index in [1.807, 2.05) is 11.3 Å². The minimum absolute atomic E-state index is 0.369. The zero-order chi connectivity index (χ0) is 12.4. The molecule has 0 spiro atoms. The maximum Gasteiger partial charge on any atom is 0.0946 e. The third kappa shape index (κ3) is 1.53. The van der Waals surface area contributed by atoms with Crippen LogP contribution in [0.25, 0.3) is 0 Å². The predicted octanol–water partition coefficient (Wildman–Crippen LogP) is 2.92. The van der Waals surface area contributed by atoms with E-state index in [1.54, 1.807) is 0 Å². The second-order valence-corrected chi connectivity index (χ2v) is 7.97. The zero-order valence-corrected chi connectivity index (χ0v) is 12.0. The number of hydrogen-bond donors (Lipinski definition) is 1. The summed E-state index contributed by atoms with van der Waals surface area (Å²) in [5.74, 6) is 4.91. The van der Waals surface area contributed by atoms with Crippen molar-refractivity contribution in [1.82, 2.24) is 4.98 Å². The summed E-state index contributed by atoms with van der Waals surface area (Å²) in [6.45, 7) is 4.26. The van der Waals surface area contributed by atoms with Crippen LogP contribution in [0.5, 0.6) is 0 Å². The maximum absolute atomic E-state index is 6.48. The van der Waals surface area contributed by atoms with E-state index in [9.17, 15) is 0 Å². The van der Waals surface area contributed by atoms with Crippen molar-refractivity contribution in [3.8, 4) is 0 Å². The summed E-state index contributed by atoms with van der Waals surface area (Å²) in [6, 6.07) is 0.369. The lowest BCUT2D eigenvalue weighted by atomic mass is 9.96. The fourth-order valence-electron chi connectivity index (χ4n) is 4.93. The van der Waals surface area contributed by atoms with Gasteiger partial charge < -0.3 is 5.73 Å². The van der Waals surface area contributed by atoms with Gasteiger partial charge in [0.25, 0.3) is 0 Å². The molecule has 3 aliphatic carbocycles. The van der Waals surface area contributed by atoms with Gasteiger partial charge in [0.1, 0.15) is 0 Å². The molecule has 5 unspecified atom stereocenters. The number of thiazole rings is 1. The largest absolute Gasteiger partial charge is 0.327 e. The van der Waals surface area contributed by atoms with Gasteiger partial charge in [0.2, 0.25) is 0 Å². The lowest BCUT2D eigenvalue weighted by Gasteiger charge is -2.14. The maximum atomic E-state index is 6.48. The SMILES string of the molecule is Cc1nc(CC(N)C2C3C4CCC(C4)C23)sc1C. The second-order valence-electron chi connectivity index (χ2n) is 6.68. The highest BCUT2D eigenvalue weighted by Crippen LogP contribution is 2.70. The number of nitrogens with two attached hydrogens (primary N) is 1. The summed E-state index contributed by atoms with van der Waals surface area (Å²) in [4.78, 5) is 6.00. The molecule has 18 heavy (non-hydrogen) atoms. The first-order valence-electron chi connectivity index (χ1n) is 7.33. The van der Waals surface area contributed by atoms with Crippen LogP contribution in [0.1, 0.15) is 34.8 Å². The van der Waals surface area contributed by atoms with E-state index in [1.165, 1.54) is 34.8 Å². The molecule has 1 aromatic heterocycles. The molecule has 5 atom stereocenters. The van der Waals surface area contributed by atoms with Crippen LogP contribution in [0.15, 0.2) is 0 Å². The zero-order valence-electron chi connectivity index (χ0n) is 11.2.